The first-order valence-corrected chi connectivity index (χ1v) is 15.0. The van der Waals surface area contributed by atoms with Crippen LogP contribution >= 0.6 is 0 Å². The smallest absolute Gasteiger partial charge is 0.416 e. The highest BCUT2D eigenvalue weighted by Crippen LogP contribution is 2.37. The number of aryl methyl sites for hydroxylation is 1. The molecule has 0 aliphatic carbocycles. The molecular weight excluding hydrogens is 579 g/mol. The van der Waals surface area contributed by atoms with Gasteiger partial charge in [-0.1, -0.05) is 103 Å². The largest absolute Gasteiger partial charge is 0.455 e. The van der Waals surface area contributed by atoms with Crippen molar-refractivity contribution in [1.82, 2.24) is 4.98 Å². The van der Waals surface area contributed by atoms with E-state index >= 15 is 0 Å². The molecule has 2 nitrogen and oxygen atoms in total. The van der Waals surface area contributed by atoms with Gasteiger partial charge in [0.1, 0.15) is 11.2 Å². The van der Waals surface area contributed by atoms with Gasteiger partial charge in [-0.15, -0.1) is 0 Å². The second-order valence-electron chi connectivity index (χ2n) is 11.7. The topological polar surface area (TPSA) is 26.0 Å². The zero-order valence-electron chi connectivity index (χ0n) is 24.8. The summed E-state index contributed by atoms with van der Waals surface area (Å²) in [5.74, 6) is 0. The van der Waals surface area contributed by atoms with Gasteiger partial charge in [-0.2, -0.15) is 13.2 Å². The van der Waals surface area contributed by atoms with Crippen molar-refractivity contribution in [3.05, 3.63) is 151 Å². The first-order valence-electron chi connectivity index (χ1n) is 15.0. The van der Waals surface area contributed by atoms with E-state index in [2.05, 4.69) is 60.7 Å². The molecule has 46 heavy (non-hydrogen) atoms. The molecule has 0 aliphatic rings. The Kier molecular flexibility index (Phi) is 6.50. The van der Waals surface area contributed by atoms with Gasteiger partial charge in [0.25, 0.3) is 0 Å². The lowest BCUT2D eigenvalue weighted by atomic mass is 9.96. The third-order valence-corrected chi connectivity index (χ3v) is 8.57. The first kappa shape index (κ1) is 27.8. The summed E-state index contributed by atoms with van der Waals surface area (Å²) in [4.78, 5) is 4.78. The number of pyridine rings is 1. The van der Waals surface area contributed by atoms with Crippen molar-refractivity contribution in [3.63, 3.8) is 0 Å². The molecule has 0 amide bonds. The summed E-state index contributed by atoms with van der Waals surface area (Å²) in [6.45, 7) is 1.68. The molecule has 0 fully saturated rings. The Morgan fingerprint density at radius 1 is 0.543 bits per heavy atom. The Morgan fingerprint density at radius 2 is 1.20 bits per heavy atom. The summed E-state index contributed by atoms with van der Waals surface area (Å²) in [5, 5.41) is 3.24. The van der Waals surface area contributed by atoms with E-state index in [1.165, 1.54) is 12.1 Å². The van der Waals surface area contributed by atoms with Crippen molar-refractivity contribution in [2.75, 3.05) is 0 Å². The second kappa shape index (κ2) is 10.7. The van der Waals surface area contributed by atoms with Crippen molar-refractivity contribution >= 4 is 32.8 Å². The molecule has 0 aliphatic heterocycles. The number of rotatable bonds is 4. The maximum Gasteiger partial charge on any atom is 0.416 e. The molecule has 0 bridgehead atoms. The molecule has 5 heteroatoms. The van der Waals surface area contributed by atoms with Crippen LogP contribution in [0.4, 0.5) is 13.2 Å². The van der Waals surface area contributed by atoms with Crippen LogP contribution in [-0.2, 0) is 6.18 Å². The minimum atomic E-state index is -4.38. The number of nitrogens with zero attached hydrogens (tertiary/aromatic N) is 1. The number of benzene rings is 6. The molecule has 0 unspecified atom stereocenters. The Balaban J connectivity index is 1.06. The number of para-hydroxylation sites is 2. The van der Waals surface area contributed by atoms with Crippen LogP contribution in [-0.4, -0.2) is 4.98 Å². The Labute approximate surface area is 263 Å². The molecule has 2 aromatic heterocycles. The van der Waals surface area contributed by atoms with Gasteiger partial charge in [-0.25, -0.2) is 0 Å². The quantitative estimate of drug-likeness (QED) is 0.199. The average molecular weight is 606 g/mol. The summed E-state index contributed by atoms with van der Waals surface area (Å²) in [5.41, 5.74) is 10.1. The first-order chi connectivity index (χ1) is 22.3. The van der Waals surface area contributed by atoms with Crippen LogP contribution in [0.5, 0.6) is 0 Å². The lowest BCUT2D eigenvalue weighted by Crippen LogP contribution is -2.05. The molecule has 0 saturated carbocycles. The molecule has 0 atom stereocenters. The number of hydrogen-bond acceptors (Lipinski definition) is 2. The van der Waals surface area contributed by atoms with E-state index in [4.69, 9.17) is 9.40 Å². The molecular formula is C41H26F3NO. The highest BCUT2D eigenvalue weighted by atomic mass is 19.4. The molecule has 222 valence electrons. The van der Waals surface area contributed by atoms with Crippen molar-refractivity contribution in [2.24, 2.45) is 0 Å². The zero-order valence-corrected chi connectivity index (χ0v) is 24.8. The summed E-state index contributed by atoms with van der Waals surface area (Å²) >= 11 is 0. The monoisotopic (exact) mass is 605 g/mol. The van der Waals surface area contributed by atoms with Gasteiger partial charge < -0.3 is 4.42 Å². The number of aromatic nitrogens is 1. The highest BCUT2D eigenvalue weighted by Gasteiger charge is 2.31. The van der Waals surface area contributed by atoms with Crippen molar-refractivity contribution in [1.29, 1.82) is 0 Å². The van der Waals surface area contributed by atoms with E-state index in [0.29, 0.717) is 11.1 Å². The SMILES string of the molecule is Cc1cc(-c2ccc(-c3ccc4cc(-c5ccc(-c6cccc7c6oc6ccccc67)cc5)cnc4c3)cc2)cc(C(F)(F)F)c1. The van der Waals surface area contributed by atoms with Crippen LogP contribution in [0.3, 0.4) is 0 Å². The van der Waals surface area contributed by atoms with Crippen molar-refractivity contribution in [3.8, 4) is 44.5 Å². The lowest BCUT2D eigenvalue weighted by molar-refractivity contribution is -0.137. The average Bonchev–Trinajstić information content (AvgIpc) is 3.46. The molecule has 2 heterocycles. The minimum Gasteiger partial charge on any atom is -0.455 e. The molecule has 0 saturated heterocycles. The van der Waals surface area contributed by atoms with E-state index < -0.39 is 11.7 Å². The van der Waals surface area contributed by atoms with Gasteiger partial charge in [0.15, 0.2) is 0 Å². The van der Waals surface area contributed by atoms with Crippen molar-refractivity contribution < 1.29 is 17.6 Å². The van der Waals surface area contributed by atoms with Crippen LogP contribution in [0.1, 0.15) is 11.1 Å². The molecule has 8 aromatic rings. The fourth-order valence-electron chi connectivity index (χ4n) is 6.24. The third-order valence-electron chi connectivity index (χ3n) is 8.57. The fraction of sp³-hybridized carbons (Fsp3) is 0.0488. The van der Waals surface area contributed by atoms with Gasteiger partial charge in [-0.3, -0.25) is 4.98 Å². The number of furan rings is 1. The van der Waals surface area contributed by atoms with Gasteiger partial charge >= 0.3 is 6.18 Å². The van der Waals surface area contributed by atoms with Crippen LogP contribution < -0.4 is 0 Å². The van der Waals surface area contributed by atoms with Crippen LogP contribution in [0.15, 0.2) is 144 Å². The maximum atomic E-state index is 13.3. The van der Waals surface area contributed by atoms with Crippen LogP contribution in [0.25, 0.3) is 77.3 Å². The van der Waals surface area contributed by atoms with Gasteiger partial charge in [0, 0.05) is 33.5 Å². The van der Waals surface area contributed by atoms with E-state index in [1.54, 1.807) is 13.0 Å². The van der Waals surface area contributed by atoms with Gasteiger partial charge in [0.2, 0.25) is 0 Å². The Hall–Kier alpha value is -5.68. The molecule has 0 radical (unpaired) electrons. The summed E-state index contributed by atoms with van der Waals surface area (Å²) in [6.07, 6.45) is -2.49. The van der Waals surface area contributed by atoms with Gasteiger partial charge in [0.05, 0.1) is 11.1 Å². The zero-order chi connectivity index (χ0) is 31.4. The normalized spacial score (nSPS) is 11.9. The molecule has 0 N–H and O–H groups in total. The number of fused-ring (bicyclic) bond motifs is 4. The summed E-state index contributed by atoms with van der Waals surface area (Å²) in [7, 11) is 0. The number of alkyl halides is 3. The lowest BCUT2D eigenvalue weighted by Gasteiger charge is -2.12. The van der Waals surface area contributed by atoms with Gasteiger partial charge in [-0.05, 0) is 76.2 Å². The molecule has 8 rings (SSSR count). The minimum absolute atomic E-state index is 0.547. The molecule has 0 spiro atoms. The van der Waals surface area contributed by atoms with E-state index in [0.717, 1.165) is 71.8 Å². The third kappa shape index (κ3) is 5.00. The Morgan fingerprint density at radius 3 is 1.96 bits per heavy atom. The fourth-order valence-corrected chi connectivity index (χ4v) is 6.24. The highest BCUT2D eigenvalue weighted by molar-refractivity contribution is 6.09. The number of hydrogen-bond donors (Lipinski definition) is 0. The summed E-state index contributed by atoms with van der Waals surface area (Å²) in [6, 6.07) is 42.9. The summed E-state index contributed by atoms with van der Waals surface area (Å²) < 4.78 is 46.3. The van der Waals surface area contributed by atoms with Crippen LogP contribution in [0, 0.1) is 6.92 Å². The predicted molar refractivity (Wildman–Crippen MR) is 181 cm³/mol. The number of halogens is 3. The van der Waals surface area contributed by atoms with E-state index in [-0.39, 0.29) is 0 Å². The van der Waals surface area contributed by atoms with E-state index in [9.17, 15) is 13.2 Å². The maximum absolute atomic E-state index is 13.3. The molecule has 6 aromatic carbocycles. The van der Waals surface area contributed by atoms with E-state index in [1.807, 2.05) is 60.8 Å². The standard InChI is InChI=1S/C41H26F3NO/c1-25-19-32(22-34(20-25)41(42,43)44)27-11-9-26(10-12-27)30-17-18-31-21-33(24-45-38(31)23-30)28-13-15-29(16-14-28)35-6-4-7-37-36-5-2-3-8-39(36)46-40(35)37/h2-24H,1H3. The van der Waals surface area contributed by atoms with Crippen molar-refractivity contribution in [2.45, 2.75) is 13.1 Å². The predicted octanol–water partition coefficient (Wildman–Crippen LogP) is 12.1. The Bertz CT molecular complexity index is 2400. The van der Waals surface area contributed by atoms with Crippen LogP contribution in [0.2, 0.25) is 0 Å². The second-order valence-corrected chi connectivity index (χ2v) is 11.7.